The molecule has 170 valence electrons. The van der Waals surface area contributed by atoms with Crippen molar-refractivity contribution in [3.8, 4) is 17.2 Å². The minimum absolute atomic E-state index is 0.00485. The molecular weight excluding hydrogens is 424 g/mol. The van der Waals surface area contributed by atoms with Crippen molar-refractivity contribution in [2.45, 2.75) is 13.8 Å². The molecule has 0 saturated heterocycles. The van der Waals surface area contributed by atoms with Crippen LogP contribution in [0.1, 0.15) is 16.7 Å². The van der Waals surface area contributed by atoms with Crippen LogP contribution < -0.4 is 20.2 Å². The predicted molar refractivity (Wildman–Crippen MR) is 126 cm³/mol. The molecule has 33 heavy (non-hydrogen) atoms. The molecule has 0 fully saturated rings. The fourth-order valence-corrected chi connectivity index (χ4v) is 2.93. The highest BCUT2D eigenvalue weighted by molar-refractivity contribution is 5.88. The van der Waals surface area contributed by atoms with Gasteiger partial charge in [-0.1, -0.05) is 24.3 Å². The largest absolute Gasteiger partial charge is 0.493 e. The minimum atomic E-state index is -0.554. The summed E-state index contributed by atoms with van der Waals surface area (Å²) in [4.78, 5) is 23.1. The van der Waals surface area contributed by atoms with Crippen molar-refractivity contribution in [2.75, 3.05) is 19.0 Å². The van der Waals surface area contributed by atoms with E-state index >= 15 is 0 Å². The zero-order valence-electron chi connectivity index (χ0n) is 18.5. The van der Waals surface area contributed by atoms with Gasteiger partial charge in [0.25, 0.3) is 11.6 Å². The molecule has 0 saturated carbocycles. The van der Waals surface area contributed by atoms with Gasteiger partial charge in [-0.05, 0) is 55.3 Å². The second kappa shape index (κ2) is 10.8. The number of anilines is 1. The Morgan fingerprint density at radius 1 is 1.06 bits per heavy atom. The minimum Gasteiger partial charge on any atom is -0.493 e. The molecular formula is C24H24N4O5. The van der Waals surface area contributed by atoms with E-state index in [1.165, 1.54) is 25.5 Å². The summed E-state index contributed by atoms with van der Waals surface area (Å²) in [5.41, 5.74) is 5.35. The van der Waals surface area contributed by atoms with E-state index in [-0.39, 0.29) is 29.3 Å². The van der Waals surface area contributed by atoms with Crippen LogP contribution in [0.5, 0.6) is 17.2 Å². The van der Waals surface area contributed by atoms with Crippen molar-refractivity contribution >= 4 is 23.5 Å². The Bertz CT molecular complexity index is 1180. The summed E-state index contributed by atoms with van der Waals surface area (Å²) in [5, 5.41) is 18.4. The number of carbonyl (C=O) groups excluding carboxylic acids is 1. The maximum Gasteiger partial charge on any atom is 0.282 e. The lowest BCUT2D eigenvalue weighted by molar-refractivity contribution is -0.385. The molecule has 9 nitrogen and oxygen atoms in total. The molecule has 0 bridgehead atoms. The molecule has 0 spiro atoms. The van der Waals surface area contributed by atoms with Crippen LogP contribution in [-0.2, 0) is 4.79 Å². The van der Waals surface area contributed by atoms with Gasteiger partial charge in [0.05, 0.1) is 36.4 Å². The molecule has 0 aliphatic rings. The number of nitrogens with one attached hydrogen (secondary N) is 2. The van der Waals surface area contributed by atoms with E-state index < -0.39 is 10.8 Å². The molecule has 2 N–H and O–H groups in total. The fourth-order valence-electron chi connectivity index (χ4n) is 2.93. The lowest BCUT2D eigenvalue weighted by Crippen LogP contribution is -2.25. The normalized spacial score (nSPS) is 10.6. The Morgan fingerprint density at radius 2 is 1.82 bits per heavy atom. The van der Waals surface area contributed by atoms with Crippen molar-refractivity contribution in [1.29, 1.82) is 0 Å². The van der Waals surface area contributed by atoms with Crippen LogP contribution in [-0.4, -0.2) is 30.7 Å². The Labute approximate surface area is 191 Å². The van der Waals surface area contributed by atoms with Crippen LogP contribution >= 0.6 is 0 Å². The number of nitrogens with zero attached hydrogens (tertiary/aromatic N) is 2. The molecule has 9 heteroatoms. The molecule has 3 rings (SSSR count). The van der Waals surface area contributed by atoms with Gasteiger partial charge in [-0.25, -0.2) is 5.43 Å². The van der Waals surface area contributed by atoms with E-state index in [9.17, 15) is 14.9 Å². The molecule has 3 aromatic rings. The molecule has 1 amide bonds. The summed E-state index contributed by atoms with van der Waals surface area (Å²) in [6.07, 6.45) is 1.20. The van der Waals surface area contributed by atoms with Crippen LogP contribution in [0.4, 0.5) is 11.4 Å². The van der Waals surface area contributed by atoms with E-state index in [4.69, 9.17) is 9.47 Å². The lowest BCUT2D eigenvalue weighted by atomic mass is 10.1. The smallest absolute Gasteiger partial charge is 0.282 e. The highest BCUT2D eigenvalue weighted by atomic mass is 16.6. The Hall–Kier alpha value is -4.40. The molecule has 0 aliphatic carbocycles. The third kappa shape index (κ3) is 6.30. The third-order valence-electron chi connectivity index (χ3n) is 4.83. The number of carbonyl (C=O) groups is 1. The van der Waals surface area contributed by atoms with E-state index in [2.05, 4.69) is 15.8 Å². The maximum atomic E-state index is 12.1. The number of hydrogen-bond acceptors (Lipinski definition) is 7. The van der Waals surface area contributed by atoms with Gasteiger partial charge < -0.3 is 14.8 Å². The van der Waals surface area contributed by atoms with Crippen molar-refractivity contribution in [2.24, 2.45) is 5.10 Å². The number of nitro groups is 1. The van der Waals surface area contributed by atoms with Gasteiger partial charge in [-0.2, -0.15) is 5.10 Å². The number of benzene rings is 3. The van der Waals surface area contributed by atoms with Gasteiger partial charge in [0, 0.05) is 5.69 Å². The summed E-state index contributed by atoms with van der Waals surface area (Å²) < 4.78 is 11.0. The number of aryl methyl sites for hydroxylation is 2. The molecule has 0 unspecified atom stereocenters. The predicted octanol–water partition coefficient (Wildman–Crippen LogP) is 4.57. The highest BCUT2D eigenvalue weighted by Crippen LogP contribution is 2.36. The van der Waals surface area contributed by atoms with Gasteiger partial charge in [0.15, 0.2) is 11.5 Å². The second-order valence-electron chi connectivity index (χ2n) is 7.18. The van der Waals surface area contributed by atoms with Crippen LogP contribution in [0, 0.1) is 24.0 Å². The third-order valence-corrected chi connectivity index (χ3v) is 4.83. The summed E-state index contributed by atoms with van der Waals surface area (Å²) in [7, 11) is 1.43. The number of nitro benzene ring substituents is 1. The molecule has 3 aromatic carbocycles. The second-order valence-corrected chi connectivity index (χ2v) is 7.18. The first-order valence-electron chi connectivity index (χ1n) is 10.1. The number of hydrazone groups is 1. The number of hydrogen-bond donors (Lipinski definition) is 2. The van der Waals surface area contributed by atoms with Crippen LogP contribution in [0.25, 0.3) is 0 Å². The molecule has 0 aliphatic heterocycles. The topological polar surface area (TPSA) is 115 Å². The van der Waals surface area contributed by atoms with Gasteiger partial charge in [0.1, 0.15) is 5.75 Å². The maximum absolute atomic E-state index is 12.1. The molecule has 0 heterocycles. The van der Waals surface area contributed by atoms with Crippen molar-refractivity contribution < 1.29 is 19.2 Å². The van der Waals surface area contributed by atoms with E-state index in [0.29, 0.717) is 5.75 Å². The number of para-hydroxylation sites is 1. The summed E-state index contributed by atoms with van der Waals surface area (Å²) in [5.74, 6) is 0.584. The van der Waals surface area contributed by atoms with Gasteiger partial charge in [-0.3, -0.25) is 14.9 Å². The van der Waals surface area contributed by atoms with E-state index in [0.717, 1.165) is 16.8 Å². The van der Waals surface area contributed by atoms with Crippen LogP contribution in [0.15, 0.2) is 65.8 Å². The number of amides is 1. The summed E-state index contributed by atoms with van der Waals surface area (Å²) >= 11 is 0. The Morgan fingerprint density at radius 3 is 2.48 bits per heavy atom. The van der Waals surface area contributed by atoms with Gasteiger partial charge in [0.2, 0.25) is 0 Å². The van der Waals surface area contributed by atoms with E-state index in [1.807, 2.05) is 38.1 Å². The summed E-state index contributed by atoms with van der Waals surface area (Å²) in [6, 6.07) is 17.3. The van der Waals surface area contributed by atoms with Gasteiger partial charge >= 0.3 is 0 Å². The fraction of sp³-hybridized carbons (Fsp3) is 0.167. The Kier molecular flexibility index (Phi) is 7.59. The van der Waals surface area contributed by atoms with Gasteiger partial charge in [-0.15, -0.1) is 0 Å². The number of ether oxygens (including phenoxy) is 2. The Balaban J connectivity index is 1.70. The first kappa shape index (κ1) is 23.3. The monoisotopic (exact) mass is 448 g/mol. The first-order valence-corrected chi connectivity index (χ1v) is 10.1. The highest BCUT2D eigenvalue weighted by Gasteiger charge is 2.19. The number of methoxy groups -OCH3 is 1. The average molecular weight is 448 g/mol. The van der Waals surface area contributed by atoms with Crippen molar-refractivity contribution in [1.82, 2.24) is 5.43 Å². The van der Waals surface area contributed by atoms with Crippen molar-refractivity contribution in [3.05, 3.63) is 87.5 Å². The standard InChI is InChI=1S/C24H24N4O5/c1-16-9-10-19(11-17(16)2)25-15-24(29)27-26-14-18-12-22(32-3)23(13-21(18)28(30)31)33-20-7-5-4-6-8-20/h4-14,25H,15H2,1-3H3,(H,27,29)/b26-14+. The van der Waals surface area contributed by atoms with Crippen LogP contribution in [0.2, 0.25) is 0 Å². The van der Waals surface area contributed by atoms with Crippen molar-refractivity contribution in [3.63, 3.8) is 0 Å². The molecule has 0 aromatic heterocycles. The van der Waals surface area contributed by atoms with Crippen LogP contribution in [0.3, 0.4) is 0 Å². The van der Waals surface area contributed by atoms with E-state index in [1.54, 1.807) is 24.3 Å². The first-order chi connectivity index (χ1) is 15.9. The zero-order chi connectivity index (χ0) is 23.8. The number of rotatable bonds is 9. The quantitative estimate of drug-likeness (QED) is 0.281. The average Bonchev–Trinajstić information content (AvgIpc) is 2.81. The molecule has 0 atom stereocenters. The summed E-state index contributed by atoms with van der Waals surface area (Å²) in [6.45, 7) is 3.99. The zero-order valence-corrected chi connectivity index (χ0v) is 18.5. The lowest BCUT2D eigenvalue weighted by Gasteiger charge is -2.11. The SMILES string of the molecule is COc1cc(/C=N/NC(=O)CNc2ccc(C)c(C)c2)c([N+](=O)[O-])cc1Oc1ccccc1. The molecule has 0 radical (unpaired) electrons.